The molecule has 0 aliphatic carbocycles. The number of hydrogen-bond acceptors (Lipinski definition) is 4. The van der Waals surface area contributed by atoms with Gasteiger partial charge in [0.1, 0.15) is 0 Å². The molecule has 5 nitrogen and oxygen atoms in total. The minimum absolute atomic E-state index is 0.788. The van der Waals surface area contributed by atoms with Gasteiger partial charge in [-0.1, -0.05) is 0 Å². The molecule has 0 heterocycles. The van der Waals surface area contributed by atoms with Crippen molar-refractivity contribution in [1.82, 2.24) is 0 Å². The molecule has 0 aliphatic rings. The van der Waals surface area contributed by atoms with Gasteiger partial charge in [0, 0.05) is 0 Å². The van der Waals surface area contributed by atoms with Gasteiger partial charge in [0.05, 0.1) is 5.25 Å². The molecule has 11 heavy (non-hydrogen) atoms. The summed E-state index contributed by atoms with van der Waals surface area (Å²) in [7, 11) is -8.11. The van der Waals surface area contributed by atoms with E-state index in [1.54, 1.807) is 0 Å². The van der Waals surface area contributed by atoms with E-state index >= 15 is 0 Å². The highest BCUT2D eigenvalue weighted by atomic mass is 32.3. The molecule has 7 heteroatoms. The molecule has 0 aromatic heterocycles. The van der Waals surface area contributed by atoms with Gasteiger partial charge in [-0.3, -0.25) is 4.55 Å². The molecule has 0 aromatic carbocycles. The lowest BCUT2D eigenvalue weighted by atomic mass is 10.6. The molecule has 0 saturated heterocycles. The van der Waals surface area contributed by atoms with E-state index in [1.165, 1.54) is 13.8 Å². The van der Waals surface area contributed by atoms with Crippen molar-refractivity contribution in [2.24, 2.45) is 0 Å². The minimum atomic E-state index is -4.41. The summed E-state index contributed by atoms with van der Waals surface area (Å²) in [5, 5.41) is -1.98. The molecule has 0 bridgehead atoms. The van der Waals surface area contributed by atoms with Crippen LogP contribution in [0.5, 0.6) is 0 Å². The van der Waals surface area contributed by atoms with Crippen LogP contribution in [0.15, 0.2) is 0 Å². The van der Waals surface area contributed by atoms with Crippen molar-refractivity contribution in [3.63, 3.8) is 0 Å². The minimum Gasteiger partial charge on any atom is -0.285 e. The maximum Gasteiger partial charge on any atom is 0.279 e. The summed E-state index contributed by atoms with van der Waals surface area (Å²) in [6.45, 7) is 2.70. The Labute approximate surface area is 66.1 Å². The quantitative estimate of drug-likeness (QED) is 0.632. The van der Waals surface area contributed by atoms with Crippen LogP contribution in [0.1, 0.15) is 13.8 Å². The van der Waals surface area contributed by atoms with E-state index in [0.717, 1.165) is 0 Å². The molecule has 0 saturated carbocycles. The molecular formula is C4H10O5S2. The van der Waals surface area contributed by atoms with Crippen LogP contribution in [-0.4, -0.2) is 31.7 Å². The van der Waals surface area contributed by atoms with Crippen molar-refractivity contribution in [3.8, 4) is 0 Å². The fraction of sp³-hybridized carbons (Fsp3) is 1.00. The van der Waals surface area contributed by atoms with Gasteiger partial charge in [0.25, 0.3) is 10.1 Å². The van der Waals surface area contributed by atoms with Crippen molar-refractivity contribution < 1.29 is 21.4 Å². The largest absolute Gasteiger partial charge is 0.285 e. The second-order valence-electron chi connectivity index (χ2n) is 2.41. The summed E-state index contributed by atoms with van der Waals surface area (Å²) in [5.74, 6) is 0. The van der Waals surface area contributed by atoms with Crippen LogP contribution >= 0.6 is 0 Å². The van der Waals surface area contributed by atoms with Crippen molar-refractivity contribution in [2.45, 2.75) is 19.1 Å². The van der Waals surface area contributed by atoms with Crippen LogP contribution in [-0.2, 0) is 20.0 Å². The summed E-state index contributed by atoms with van der Waals surface area (Å²) in [5.41, 5.74) is 0. The van der Waals surface area contributed by atoms with Gasteiger partial charge < -0.3 is 0 Å². The molecule has 0 spiro atoms. The van der Waals surface area contributed by atoms with Gasteiger partial charge in [0.15, 0.2) is 14.9 Å². The summed E-state index contributed by atoms with van der Waals surface area (Å²) in [6.07, 6.45) is 0. The lowest BCUT2D eigenvalue weighted by Gasteiger charge is -2.03. The molecule has 0 amide bonds. The zero-order valence-electron chi connectivity index (χ0n) is 6.18. The van der Waals surface area contributed by atoms with E-state index in [4.69, 9.17) is 4.55 Å². The normalized spacial score (nSPS) is 13.8. The first-order valence-corrected chi connectivity index (χ1v) is 6.14. The van der Waals surface area contributed by atoms with E-state index in [2.05, 4.69) is 0 Å². The van der Waals surface area contributed by atoms with Crippen LogP contribution in [0.2, 0.25) is 0 Å². The Balaban J connectivity index is 4.68. The summed E-state index contributed by atoms with van der Waals surface area (Å²) >= 11 is 0. The third-order valence-corrected chi connectivity index (χ3v) is 4.97. The lowest BCUT2D eigenvalue weighted by Crippen LogP contribution is -2.23. The molecule has 0 fully saturated rings. The van der Waals surface area contributed by atoms with Gasteiger partial charge in [-0.25, -0.2) is 8.42 Å². The van der Waals surface area contributed by atoms with Gasteiger partial charge in [0.2, 0.25) is 0 Å². The molecule has 0 rings (SSSR count). The summed E-state index contributed by atoms with van der Waals surface area (Å²) < 4.78 is 50.1. The molecule has 0 radical (unpaired) electrons. The average molecular weight is 202 g/mol. The first kappa shape index (κ1) is 10.9. The smallest absolute Gasteiger partial charge is 0.279 e. The zero-order chi connectivity index (χ0) is 9.28. The van der Waals surface area contributed by atoms with Gasteiger partial charge in [-0.2, -0.15) is 8.42 Å². The maximum atomic E-state index is 10.8. The van der Waals surface area contributed by atoms with Gasteiger partial charge in [-0.05, 0) is 13.8 Å². The first-order valence-electron chi connectivity index (χ1n) is 2.82. The summed E-state index contributed by atoms with van der Waals surface area (Å²) in [6, 6.07) is 0. The molecule has 0 atom stereocenters. The Bertz CT molecular complexity index is 308. The van der Waals surface area contributed by atoms with E-state index in [9.17, 15) is 16.8 Å². The topological polar surface area (TPSA) is 88.5 Å². The number of hydrogen-bond donors (Lipinski definition) is 1. The van der Waals surface area contributed by atoms with Crippen molar-refractivity contribution in [1.29, 1.82) is 0 Å². The Hall–Kier alpha value is -0.140. The molecule has 1 N–H and O–H groups in total. The maximum absolute atomic E-state index is 10.8. The second kappa shape index (κ2) is 3.08. The molecular weight excluding hydrogens is 192 g/mol. The fourth-order valence-corrected chi connectivity index (χ4v) is 3.09. The van der Waals surface area contributed by atoms with Gasteiger partial charge in [-0.15, -0.1) is 0 Å². The Morgan fingerprint density at radius 1 is 1.18 bits per heavy atom. The van der Waals surface area contributed by atoms with Crippen LogP contribution < -0.4 is 0 Å². The van der Waals surface area contributed by atoms with Crippen LogP contribution in [0.4, 0.5) is 0 Å². The van der Waals surface area contributed by atoms with E-state index in [1.807, 2.05) is 0 Å². The predicted octanol–water partition coefficient (Wildman–Crippen LogP) is -0.345. The van der Waals surface area contributed by atoms with Crippen molar-refractivity contribution in [3.05, 3.63) is 0 Å². The van der Waals surface area contributed by atoms with E-state index < -0.39 is 30.3 Å². The number of rotatable bonds is 3. The van der Waals surface area contributed by atoms with Crippen molar-refractivity contribution >= 4 is 20.0 Å². The van der Waals surface area contributed by atoms with Crippen LogP contribution in [0, 0.1) is 0 Å². The lowest BCUT2D eigenvalue weighted by molar-refractivity contribution is 0.487. The fourth-order valence-electron chi connectivity index (χ4n) is 0.344. The molecule has 0 unspecified atom stereocenters. The Kier molecular flexibility index (Phi) is 3.04. The number of sulfone groups is 1. The molecule has 68 valence electrons. The van der Waals surface area contributed by atoms with Gasteiger partial charge >= 0.3 is 0 Å². The second-order valence-corrected chi connectivity index (χ2v) is 6.79. The third kappa shape index (κ3) is 4.33. The van der Waals surface area contributed by atoms with E-state index in [-0.39, 0.29) is 0 Å². The first-order chi connectivity index (χ1) is 4.65. The zero-order valence-corrected chi connectivity index (χ0v) is 7.81. The predicted molar refractivity (Wildman–Crippen MR) is 40.5 cm³/mol. The molecule has 0 aromatic rings. The third-order valence-electron chi connectivity index (χ3n) is 1.03. The Morgan fingerprint density at radius 3 is 1.64 bits per heavy atom. The van der Waals surface area contributed by atoms with E-state index in [0.29, 0.717) is 0 Å². The average Bonchev–Trinajstić information content (AvgIpc) is 1.56. The highest BCUT2D eigenvalue weighted by Crippen LogP contribution is 2.02. The van der Waals surface area contributed by atoms with Crippen LogP contribution in [0.25, 0.3) is 0 Å². The highest BCUT2D eigenvalue weighted by Gasteiger charge is 2.23. The SMILES string of the molecule is CC(C)S(=O)(=O)CS(=O)(=O)O. The molecule has 0 aliphatic heterocycles. The monoisotopic (exact) mass is 202 g/mol. The summed E-state index contributed by atoms with van der Waals surface area (Å²) in [4.78, 5) is 0. The standard InChI is InChI=1S/C4H10O5S2/c1-4(2)10(5,6)3-11(7,8)9/h4H,3H2,1-2H3,(H,7,8,9). The van der Waals surface area contributed by atoms with Crippen molar-refractivity contribution in [2.75, 3.05) is 5.08 Å². The van der Waals surface area contributed by atoms with Crippen LogP contribution in [0.3, 0.4) is 0 Å². The Morgan fingerprint density at radius 2 is 1.55 bits per heavy atom. The highest BCUT2D eigenvalue weighted by molar-refractivity contribution is 8.05.